The molecule has 47 heavy (non-hydrogen) atoms. The van der Waals surface area contributed by atoms with Crippen LogP contribution in [-0.4, -0.2) is 85.8 Å². The summed E-state index contributed by atoms with van der Waals surface area (Å²) in [6.45, 7) is 3.73. The fourth-order valence-electron chi connectivity index (χ4n) is 5.83. The summed E-state index contributed by atoms with van der Waals surface area (Å²) in [5.41, 5.74) is 1.39. The molecule has 0 saturated carbocycles. The Balaban J connectivity index is 1.21. The number of hydrogen-bond donors (Lipinski definition) is 0. The first-order valence-corrected chi connectivity index (χ1v) is 16.3. The summed E-state index contributed by atoms with van der Waals surface area (Å²) in [6, 6.07) is 13.0. The van der Waals surface area contributed by atoms with E-state index in [1.807, 2.05) is 39.9 Å². The average Bonchev–Trinajstić information content (AvgIpc) is 3.86. The number of fused-ring (bicyclic) bond motifs is 5. The molecule has 0 fully saturated rings. The molecule has 6 rings (SSSR count). The molecule has 0 atom stereocenters. The Labute approximate surface area is 277 Å². The zero-order chi connectivity index (χ0) is 32.6. The van der Waals surface area contributed by atoms with E-state index < -0.39 is 0 Å². The second kappa shape index (κ2) is 15.2. The molecule has 246 valence electrons. The minimum absolute atomic E-state index is 0.0956. The number of rotatable bonds is 6. The number of imidazole rings is 1. The smallest absolute Gasteiger partial charge is 0.289 e. The van der Waals surface area contributed by atoms with E-state index in [2.05, 4.69) is 15.1 Å². The van der Waals surface area contributed by atoms with Gasteiger partial charge in [0.1, 0.15) is 24.2 Å². The summed E-state index contributed by atoms with van der Waals surface area (Å²) in [5.74, 6) is 2.08. The Bertz CT molecular complexity index is 1800. The third-order valence-corrected chi connectivity index (χ3v) is 8.45. The van der Waals surface area contributed by atoms with Gasteiger partial charge in [0.2, 0.25) is 5.91 Å². The van der Waals surface area contributed by atoms with Gasteiger partial charge in [0.05, 0.1) is 13.7 Å². The number of halogens is 1. The minimum atomic E-state index is -0.226. The largest absolute Gasteiger partial charge is 0.494 e. The fourth-order valence-corrected chi connectivity index (χ4v) is 6.04. The summed E-state index contributed by atoms with van der Waals surface area (Å²) in [5, 5.41) is 5.32. The summed E-state index contributed by atoms with van der Waals surface area (Å²) >= 11 is 6.28. The van der Waals surface area contributed by atoms with Gasteiger partial charge in [-0.2, -0.15) is 5.10 Å². The van der Waals surface area contributed by atoms with Gasteiger partial charge in [0.15, 0.2) is 17.1 Å². The maximum absolute atomic E-state index is 14.0. The molecule has 1 aliphatic heterocycles. The SMILES string of the molecule is COc1cc(Cl)cc2cc(C(=O)N3CCCCN(C(=O)CCCn4cncn4)CCCOc4cccc(c4)-c4nccn4CC3)oc12. The number of aromatic nitrogens is 5. The summed E-state index contributed by atoms with van der Waals surface area (Å²) < 4.78 is 21.4. The van der Waals surface area contributed by atoms with Crippen molar-refractivity contribution in [2.45, 2.75) is 45.2 Å². The zero-order valence-corrected chi connectivity index (χ0v) is 27.1. The number of amides is 2. The van der Waals surface area contributed by atoms with Crippen LogP contribution in [0.2, 0.25) is 5.02 Å². The van der Waals surface area contributed by atoms with Crippen molar-refractivity contribution in [3.8, 4) is 22.9 Å². The topological polar surface area (TPSA) is 121 Å². The molecule has 2 aromatic carbocycles. The summed E-state index contributed by atoms with van der Waals surface area (Å²) in [7, 11) is 1.54. The lowest BCUT2D eigenvalue weighted by atomic mass is 10.2. The highest BCUT2D eigenvalue weighted by Gasteiger charge is 2.23. The predicted molar refractivity (Wildman–Crippen MR) is 177 cm³/mol. The van der Waals surface area contributed by atoms with Crippen LogP contribution in [0, 0.1) is 0 Å². The van der Waals surface area contributed by atoms with Crippen LogP contribution in [0.3, 0.4) is 0 Å². The molecule has 3 aromatic heterocycles. The standard InChI is InChI=1S/C34H38ClN7O5/c1-45-29-22-27(35)19-26-21-30(47-32(26)29)34(44)41-12-3-2-11-39(31(43)9-5-14-42-24-36-23-38-42)13-6-18-46-28-8-4-7-25(20-28)33-37-10-15-40(33)16-17-41/h4,7-8,10,15,19-24H,2-3,5-6,9,11-14,16-18H2,1H3. The molecule has 0 spiro atoms. The average molecular weight is 660 g/mol. The van der Waals surface area contributed by atoms with E-state index in [1.54, 1.807) is 40.3 Å². The van der Waals surface area contributed by atoms with Gasteiger partial charge in [-0.05, 0) is 49.9 Å². The Morgan fingerprint density at radius 3 is 2.68 bits per heavy atom. The Kier molecular flexibility index (Phi) is 10.4. The number of ether oxygens (including phenoxy) is 2. The summed E-state index contributed by atoms with van der Waals surface area (Å²) in [4.78, 5) is 39.6. The molecule has 2 bridgehead atoms. The minimum Gasteiger partial charge on any atom is -0.494 e. The number of methoxy groups -OCH3 is 1. The molecule has 0 saturated heterocycles. The molecule has 4 heterocycles. The fraction of sp³-hybridized carbons (Fsp3) is 0.382. The summed E-state index contributed by atoms with van der Waals surface area (Å²) in [6.07, 6.45) is 10.1. The number of benzene rings is 2. The van der Waals surface area contributed by atoms with Crippen LogP contribution >= 0.6 is 11.6 Å². The molecule has 0 unspecified atom stereocenters. The molecular formula is C34H38ClN7O5. The molecule has 13 heteroatoms. The van der Waals surface area contributed by atoms with Crippen LogP contribution in [0.1, 0.15) is 42.7 Å². The van der Waals surface area contributed by atoms with Gasteiger partial charge in [-0.25, -0.2) is 9.97 Å². The molecule has 12 nitrogen and oxygen atoms in total. The van der Waals surface area contributed by atoms with Gasteiger partial charge in [-0.15, -0.1) is 0 Å². The van der Waals surface area contributed by atoms with E-state index in [0.717, 1.165) is 23.6 Å². The highest BCUT2D eigenvalue weighted by atomic mass is 35.5. The number of carbonyl (C=O) groups excluding carboxylic acids is 2. The van der Waals surface area contributed by atoms with Crippen LogP contribution < -0.4 is 9.47 Å². The Hall–Kier alpha value is -4.84. The van der Waals surface area contributed by atoms with Crippen molar-refractivity contribution in [1.29, 1.82) is 0 Å². The third kappa shape index (κ3) is 7.94. The van der Waals surface area contributed by atoms with Crippen LogP contribution in [-0.2, 0) is 17.9 Å². The third-order valence-electron chi connectivity index (χ3n) is 8.23. The first-order chi connectivity index (χ1) is 23.0. The van der Waals surface area contributed by atoms with Crippen LogP contribution in [0.25, 0.3) is 22.4 Å². The van der Waals surface area contributed by atoms with Crippen molar-refractivity contribution in [1.82, 2.24) is 34.1 Å². The number of furan rings is 1. The van der Waals surface area contributed by atoms with E-state index in [4.69, 9.17) is 25.5 Å². The first kappa shape index (κ1) is 32.1. The number of carbonyl (C=O) groups is 2. The van der Waals surface area contributed by atoms with Crippen molar-refractivity contribution in [3.05, 3.63) is 78.3 Å². The van der Waals surface area contributed by atoms with E-state index in [0.29, 0.717) is 93.3 Å². The molecule has 0 N–H and O–H groups in total. The molecule has 0 radical (unpaired) electrons. The second-order valence-corrected chi connectivity index (χ2v) is 11.9. The van der Waals surface area contributed by atoms with E-state index in [-0.39, 0.29) is 17.6 Å². The van der Waals surface area contributed by atoms with Gasteiger partial charge in [-0.3, -0.25) is 14.3 Å². The zero-order valence-electron chi connectivity index (χ0n) is 26.4. The van der Waals surface area contributed by atoms with E-state index in [9.17, 15) is 9.59 Å². The van der Waals surface area contributed by atoms with Crippen molar-refractivity contribution in [3.63, 3.8) is 0 Å². The number of aryl methyl sites for hydroxylation is 1. The lowest BCUT2D eigenvalue weighted by Gasteiger charge is -2.25. The van der Waals surface area contributed by atoms with Gasteiger partial charge < -0.3 is 28.3 Å². The maximum atomic E-state index is 14.0. The van der Waals surface area contributed by atoms with Gasteiger partial charge in [0, 0.05) is 80.1 Å². The van der Waals surface area contributed by atoms with Crippen molar-refractivity contribution in [2.75, 3.05) is 39.9 Å². The van der Waals surface area contributed by atoms with Crippen molar-refractivity contribution >= 4 is 34.4 Å². The monoisotopic (exact) mass is 659 g/mol. The van der Waals surface area contributed by atoms with Crippen molar-refractivity contribution < 1.29 is 23.5 Å². The molecule has 5 aromatic rings. The maximum Gasteiger partial charge on any atom is 0.289 e. The van der Waals surface area contributed by atoms with Crippen LogP contribution in [0.4, 0.5) is 0 Å². The van der Waals surface area contributed by atoms with E-state index >= 15 is 0 Å². The van der Waals surface area contributed by atoms with Gasteiger partial charge >= 0.3 is 0 Å². The normalized spacial score (nSPS) is 14.8. The molecular weight excluding hydrogens is 622 g/mol. The molecule has 0 aliphatic carbocycles. The van der Waals surface area contributed by atoms with Crippen molar-refractivity contribution in [2.24, 2.45) is 0 Å². The molecule has 2 amide bonds. The highest BCUT2D eigenvalue weighted by molar-refractivity contribution is 6.31. The lowest BCUT2D eigenvalue weighted by molar-refractivity contribution is -0.131. The Morgan fingerprint density at radius 2 is 1.85 bits per heavy atom. The van der Waals surface area contributed by atoms with E-state index in [1.165, 1.54) is 13.4 Å². The highest BCUT2D eigenvalue weighted by Crippen LogP contribution is 2.33. The van der Waals surface area contributed by atoms with Crippen LogP contribution in [0.15, 0.2) is 71.9 Å². The Morgan fingerprint density at radius 1 is 1.00 bits per heavy atom. The van der Waals surface area contributed by atoms with Gasteiger partial charge in [0.25, 0.3) is 5.91 Å². The quantitative estimate of drug-likeness (QED) is 0.232. The molecule has 1 aliphatic rings. The van der Waals surface area contributed by atoms with Gasteiger partial charge in [-0.1, -0.05) is 23.7 Å². The number of nitrogens with zero attached hydrogens (tertiary/aromatic N) is 7. The first-order valence-electron chi connectivity index (χ1n) is 15.9. The predicted octanol–water partition coefficient (Wildman–Crippen LogP) is 5.56. The second-order valence-electron chi connectivity index (χ2n) is 11.5. The number of hydrogen-bond acceptors (Lipinski definition) is 8. The lowest BCUT2D eigenvalue weighted by Crippen LogP contribution is -2.36. The van der Waals surface area contributed by atoms with Crippen LogP contribution in [0.5, 0.6) is 11.5 Å².